The van der Waals surface area contributed by atoms with E-state index >= 15 is 0 Å². The molecule has 1 aromatic heterocycles. The molecule has 1 unspecified atom stereocenters. The van der Waals surface area contributed by atoms with Crippen LogP contribution in [0, 0.1) is 0 Å². The number of pyridine rings is 1. The van der Waals surface area contributed by atoms with Crippen molar-refractivity contribution in [2.45, 2.75) is 25.3 Å². The second-order valence-corrected chi connectivity index (χ2v) is 4.40. The molecule has 1 N–H and O–H groups in total. The lowest BCUT2D eigenvalue weighted by Gasteiger charge is -2.23. The van der Waals surface area contributed by atoms with Crippen LogP contribution in [0.4, 0.5) is 0 Å². The molecule has 2 rings (SSSR count). The van der Waals surface area contributed by atoms with Gasteiger partial charge in [0.25, 0.3) is 0 Å². The Hall–Kier alpha value is -0.930. The van der Waals surface area contributed by atoms with Gasteiger partial charge in [-0.25, -0.2) is 0 Å². The van der Waals surface area contributed by atoms with E-state index < -0.39 is 0 Å². The number of nitrogens with zero attached hydrogens (tertiary/aromatic N) is 1. The molecular weight excluding hydrogens is 188 g/mol. The standard InChI is InChI=1S/C12H18N2O/c1-12(5-9-15-10-12)14-8-4-11-2-6-13-7-3-11/h2-3,6-7,14H,4-5,8-10H2,1H3. The van der Waals surface area contributed by atoms with Crippen LogP contribution in [0.5, 0.6) is 0 Å². The van der Waals surface area contributed by atoms with Gasteiger partial charge in [-0.05, 0) is 44.0 Å². The highest BCUT2D eigenvalue weighted by Crippen LogP contribution is 2.17. The monoisotopic (exact) mass is 206 g/mol. The van der Waals surface area contributed by atoms with E-state index in [0.717, 1.165) is 32.6 Å². The van der Waals surface area contributed by atoms with Crippen LogP contribution in [0.3, 0.4) is 0 Å². The first-order valence-electron chi connectivity index (χ1n) is 5.50. The summed E-state index contributed by atoms with van der Waals surface area (Å²) >= 11 is 0. The van der Waals surface area contributed by atoms with Crippen LogP contribution < -0.4 is 5.32 Å². The molecule has 1 atom stereocenters. The van der Waals surface area contributed by atoms with Crippen LogP contribution in [0.2, 0.25) is 0 Å². The summed E-state index contributed by atoms with van der Waals surface area (Å²) in [5.74, 6) is 0. The molecule has 82 valence electrons. The summed E-state index contributed by atoms with van der Waals surface area (Å²) in [6, 6.07) is 4.13. The lowest BCUT2D eigenvalue weighted by Crippen LogP contribution is -2.43. The predicted molar refractivity (Wildman–Crippen MR) is 59.8 cm³/mol. The first kappa shape index (κ1) is 10.6. The third-order valence-corrected chi connectivity index (χ3v) is 2.93. The van der Waals surface area contributed by atoms with Crippen molar-refractivity contribution in [1.29, 1.82) is 0 Å². The number of hydrogen-bond donors (Lipinski definition) is 1. The molecule has 3 heteroatoms. The van der Waals surface area contributed by atoms with Crippen molar-refractivity contribution in [2.24, 2.45) is 0 Å². The molecule has 0 aliphatic carbocycles. The number of rotatable bonds is 4. The molecule has 0 saturated carbocycles. The Kier molecular flexibility index (Phi) is 3.34. The molecule has 15 heavy (non-hydrogen) atoms. The molecule has 0 amide bonds. The molecule has 2 heterocycles. The highest BCUT2D eigenvalue weighted by Gasteiger charge is 2.28. The minimum Gasteiger partial charge on any atom is -0.379 e. The van der Waals surface area contributed by atoms with Crippen molar-refractivity contribution in [1.82, 2.24) is 10.3 Å². The zero-order chi connectivity index (χ0) is 10.6. The van der Waals surface area contributed by atoms with E-state index in [0.29, 0.717) is 0 Å². The summed E-state index contributed by atoms with van der Waals surface area (Å²) in [6.45, 7) is 4.96. The van der Waals surface area contributed by atoms with E-state index in [9.17, 15) is 0 Å². The van der Waals surface area contributed by atoms with Crippen molar-refractivity contribution in [3.8, 4) is 0 Å². The van der Waals surface area contributed by atoms with Gasteiger partial charge in [-0.1, -0.05) is 0 Å². The third-order valence-electron chi connectivity index (χ3n) is 2.93. The van der Waals surface area contributed by atoms with E-state index in [-0.39, 0.29) is 5.54 Å². The van der Waals surface area contributed by atoms with Gasteiger partial charge in [-0.3, -0.25) is 4.98 Å². The topological polar surface area (TPSA) is 34.2 Å². The molecular formula is C12H18N2O. The van der Waals surface area contributed by atoms with Crippen molar-refractivity contribution in [2.75, 3.05) is 19.8 Å². The van der Waals surface area contributed by atoms with Gasteiger partial charge in [0.05, 0.1) is 6.61 Å². The van der Waals surface area contributed by atoms with Gasteiger partial charge in [0, 0.05) is 24.5 Å². The smallest absolute Gasteiger partial charge is 0.0646 e. The average Bonchev–Trinajstić information content (AvgIpc) is 2.67. The minimum absolute atomic E-state index is 0.188. The minimum atomic E-state index is 0.188. The average molecular weight is 206 g/mol. The van der Waals surface area contributed by atoms with Gasteiger partial charge in [-0.2, -0.15) is 0 Å². The fraction of sp³-hybridized carbons (Fsp3) is 0.583. The van der Waals surface area contributed by atoms with Crippen molar-refractivity contribution >= 4 is 0 Å². The van der Waals surface area contributed by atoms with Crippen LogP contribution in [0.25, 0.3) is 0 Å². The van der Waals surface area contributed by atoms with Crippen LogP contribution in [0.1, 0.15) is 18.9 Å². The lowest BCUT2D eigenvalue weighted by molar-refractivity contribution is 0.172. The van der Waals surface area contributed by atoms with E-state index in [2.05, 4.69) is 29.4 Å². The van der Waals surface area contributed by atoms with E-state index in [1.165, 1.54) is 5.56 Å². The van der Waals surface area contributed by atoms with E-state index in [1.54, 1.807) is 0 Å². The van der Waals surface area contributed by atoms with Crippen molar-refractivity contribution < 1.29 is 4.74 Å². The Bertz CT molecular complexity index is 294. The molecule has 0 radical (unpaired) electrons. The largest absolute Gasteiger partial charge is 0.379 e. The summed E-state index contributed by atoms with van der Waals surface area (Å²) in [4.78, 5) is 4.00. The third kappa shape index (κ3) is 3.01. The summed E-state index contributed by atoms with van der Waals surface area (Å²) in [5.41, 5.74) is 1.52. The molecule has 0 bridgehead atoms. The maximum absolute atomic E-state index is 5.39. The number of aromatic nitrogens is 1. The van der Waals surface area contributed by atoms with Crippen molar-refractivity contribution in [3.05, 3.63) is 30.1 Å². The predicted octanol–water partition coefficient (Wildman–Crippen LogP) is 1.39. The lowest BCUT2D eigenvalue weighted by atomic mass is 10.0. The summed E-state index contributed by atoms with van der Waals surface area (Å²) < 4.78 is 5.39. The van der Waals surface area contributed by atoms with Crippen LogP contribution >= 0.6 is 0 Å². The maximum atomic E-state index is 5.39. The molecule has 0 aromatic carbocycles. The Morgan fingerprint density at radius 2 is 2.27 bits per heavy atom. The fourth-order valence-corrected chi connectivity index (χ4v) is 1.86. The molecule has 1 fully saturated rings. The van der Waals surface area contributed by atoms with E-state index in [4.69, 9.17) is 4.74 Å². The molecule has 1 saturated heterocycles. The van der Waals surface area contributed by atoms with Crippen LogP contribution in [-0.2, 0) is 11.2 Å². The first-order chi connectivity index (χ1) is 7.29. The van der Waals surface area contributed by atoms with Gasteiger partial charge < -0.3 is 10.1 Å². The Balaban J connectivity index is 1.75. The van der Waals surface area contributed by atoms with E-state index in [1.807, 2.05) is 12.4 Å². The van der Waals surface area contributed by atoms with Gasteiger partial charge >= 0.3 is 0 Å². The summed E-state index contributed by atoms with van der Waals surface area (Å²) in [7, 11) is 0. The fourth-order valence-electron chi connectivity index (χ4n) is 1.86. The molecule has 1 aromatic rings. The number of ether oxygens (including phenoxy) is 1. The van der Waals surface area contributed by atoms with Crippen molar-refractivity contribution in [3.63, 3.8) is 0 Å². The Morgan fingerprint density at radius 3 is 2.93 bits per heavy atom. The Morgan fingerprint density at radius 1 is 1.47 bits per heavy atom. The second kappa shape index (κ2) is 4.73. The highest BCUT2D eigenvalue weighted by molar-refractivity contribution is 5.10. The highest BCUT2D eigenvalue weighted by atomic mass is 16.5. The van der Waals surface area contributed by atoms with Gasteiger partial charge in [0.2, 0.25) is 0 Å². The molecule has 1 aliphatic rings. The second-order valence-electron chi connectivity index (χ2n) is 4.40. The quantitative estimate of drug-likeness (QED) is 0.808. The molecule has 1 aliphatic heterocycles. The van der Waals surface area contributed by atoms with Crippen LogP contribution in [-0.4, -0.2) is 30.3 Å². The molecule has 3 nitrogen and oxygen atoms in total. The summed E-state index contributed by atoms with van der Waals surface area (Å²) in [5, 5.41) is 3.56. The van der Waals surface area contributed by atoms with Crippen LogP contribution in [0.15, 0.2) is 24.5 Å². The summed E-state index contributed by atoms with van der Waals surface area (Å²) in [6.07, 6.45) is 5.85. The normalized spacial score (nSPS) is 25.7. The zero-order valence-electron chi connectivity index (χ0n) is 9.20. The van der Waals surface area contributed by atoms with Gasteiger partial charge in [0.1, 0.15) is 0 Å². The maximum Gasteiger partial charge on any atom is 0.0646 e. The molecule has 0 spiro atoms. The number of nitrogens with one attached hydrogen (secondary N) is 1. The van der Waals surface area contributed by atoms with Gasteiger partial charge in [-0.15, -0.1) is 0 Å². The zero-order valence-corrected chi connectivity index (χ0v) is 9.20. The SMILES string of the molecule is CC1(NCCc2ccncc2)CCOC1. The first-order valence-corrected chi connectivity index (χ1v) is 5.50. The number of hydrogen-bond acceptors (Lipinski definition) is 3. The van der Waals surface area contributed by atoms with Gasteiger partial charge in [0.15, 0.2) is 0 Å². The Labute approximate surface area is 90.9 Å².